The lowest BCUT2D eigenvalue weighted by Gasteiger charge is -2.17. The number of rotatable bonds is 5. The van der Waals surface area contributed by atoms with E-state index in [2.05, 4.69) is 41.3 Å². The van der Waals surface area contributed by atoms with Crippen LogP contribution >= 0.6 is 0 Å². The first-order chi connectivity index (χ1) is 8.24. The molecule has 0 saturated heterocycles. The summed E-state index contributed by atoms with van der Waals surface area (Å²) in [5, 5.41) is 3.47. The largest absolute Gasteiger partial charge is 0.323 e. The van der Waals surface area contributed by atoms with Gasteiger partial charge in [-0.3, -0.25) is 0 Å². The second-order valence-electron chi connectivity index (χ2n) is 4.28. The van der Waals surface area contributed by atoms with Crippen molar-refractivity contribution < 1.29 is 0 Å². The van der Waals surface area contributed by atoms with Gasteiger partial charge in [-0.25, -0.2) is 4.79 Å². The summed E-state index contributed by atoms with van der Waals surface area (Å²) in [6, 6.07) is 6.46. The molecule has 0 aliphatic heterocycles. The Morgan fingerprint density at radius 3 is 2.71 bits per heavy atom. The van der Waals surface area contributed by atoms with E-state index in [0.29, 0.717) is 6.04 Å². The number of imidazole rings is 1. The van der Waals surface area contributed by atoms with Gasteiger partial charge in [0.25, 0.3) is 0 Å². The van der Waals surface area contributed by atoms with Gasteiger partial charge in [0.05, 0.1) is 11.0 Å². The molecule has 1 atom stereocenters. The Balaban J connectivity index is 2.35. The molecule has 1 aromatic heterocycles. The molecule has 0 aliphatic rings. The first-order valence-corrected chi connectivity index (χ1v) is 6.20. The summed E-state index contributed by atoms with van der Waals surface area (Å²) in [6.07, 6.45) is 2.24. The van der Waals surface area contributed by atoms with Gasteiger partial charge in [-0.05, 0) is 30.7 Å². The van der Waals surface area contributed by atoms with Gasteiger partial charge < -0.3 is 15.3 Å². The van der Waals surface area contributed by atoms with Crippen molar-refractivity contribution in [2.45, 2.75) is 32.7 Å². The zero-order chi connectivity index (χ0) is 12.3. The van der Waals surface area contributed by atoms with Crippen molar-refractivity contribution in [3.8, 4) is 0 Å². The van der Waals surface area contributed by atoms with Crippen molar-refractivity contribution in [3.05, 3.63) is 34.2 Å². The van der Waals surface area contributed by atoms with Crippen molar-refractivity contribution >= 4 is 11.0 Å². The first kappa shape index (κ1) is 11.9. The van der Waals surface area contributed by atoms with Crippen molar-refractivity contribution in [3.63, 3.8) is 0 Å². The van der Waals surface area contributed by atoms with Gasteiger partial charge in [-0.1, -0.05) is 26.3 Å². The summed E-state index contributed by atoms with van der Waals surface area (Å²) in [6.45, 7) is 5.24. The van der Waals surface area contributed by atoms with Crippen molar-refractivity contribution in [2.75, 3.05) is 6.54 Å². The molecule has 0 radical (unpaired) electrons. The predicted octanol–water partition coefficient (Wildman–Crippen LogP) is 2.31. The number of aromatic nitrogens is 2. The zero-order valence-corrected chi connectivity index (χ0v) is 10.3. The molecule has 0 aliphatic carbocycles. The molecule has 1 unspecified atom stereocenters. The van der Waals surface area contributed by atoms with Gasteiger partial charge in [0.2, 0.25) is 0 Å². The van der Waals surface area contributed by atoms with E-state index in [9.17, 15) is 4.79 Å². The number of benzene rings is 1. The number of aromatic amines is 2. The van der Waals surface area contributed by atoms with Gasteiger partial charge in [0.1, 0.15) is 0 Å². The van der Waals surface area contributed by atoms with Crippen LogP contribution in [-0.4, -0.2) is 16.5 Å². The fraction of sp³-hybridized carbons (Fsp3) is 0.462. The van der Waals surface area contributed by atoms with E-state index in [1.54, 1.807) is 0 Å². The lowest BCUT2D eigenvalue weighted by atomic mass is 10.0. The Kier molecular flexibility index (Phi) is 3.64. The summed E-state index contributed by atoms with van der Waals surface area (Å²) in [5.74, 6) is 0. The van der Waals surface area contributed by atoms with Crippen LogP contribution in [0.4, 0.5) is 0 Å². The molecule has 0 saturated carbocycles. The van der Waals surface area contributed by atoms with Gasteiger partial charge in [-0.2, -0.15) is 0 Å². The maximum atomic E-state index is 11.2. The van der Waals surface area contributed by atoms with E-state index in [0.717, 1.165) is 30.4 Å². The van der Waals surface area contributed by atoms with E-state index < -0.39 is 0 Å². The molecule has 2 rings (SSSR count). The zero-order valence-electron chi connectivity index (χ0n) is 10.3. The summed E-state index contributed by atoms with van der Waals surface area (Å²) in [7, 11) is 0. The van der Waals surface area contributed by atoms with Crippen molar-refractivity contribution in [1.82, 2.24) is 15.3 Å². The monoisotopic (exact) mass is 233 g/mol. The van der Waals surface area contributed by atoms with Gasteiger partial charge >= 0.3 is 5.69 Å². The molecule has 2 aromatic rings. The highest BCUT2D eigenvalue weighted by molar-refractivity contribution is 5.75. The molecule has 3 N–H and O–H groups in total. The molecule has 0 spiro atoms. The SMILES string of the molecule is CCCC(NCC)c1ccc2[nH]c(=O)[nH]c2c1. The number of fused-ring (bicyclic) bond motifs is 1. The molecule has 4 heteroatoms. The molecular weight excluding hydrogens is 214 g/mol. The van der Waals surface area contributed by atoms with Crippen LogP contribution in [0.3, 0.4) is 0 Å². The van der Waals surface area contributed by atoms with Crippen LogP contribution in [0, 0.1) is 0 Å². The van der Waals surface area contributed by atoms with Crippen LogP contribution in [-0.2, 0) is 0 Å². The van der Waals surface area contributed by atoms with E-state index in [-0.39, 0.29) is 5.69 Å². The van der Waals surface area contributed by atoms with Crippen LogP contribution in [0.15, 0.2) is 23.0 Å². The second-order valence-corrected chi connectivity index (χ2v) is 4.28. The average Bonchev–Trinajstić information content (AvgIpc) is 2.67. The number of H-pyrrole nitrogens is 2. The van der Waals surface area contributed by atoms with Gasteiger partial charge in [0, 0.05) is 6.04 Å². The van der Waals surface area contributed by atoms with E-state index in [1.165, 1.54) is 5.56 Å². The summed E-state index contributed by atoms with van der Waals surface area (Å²) in [4.78, 5) is 16.8. The molecule has 0 amide bonds. The van der Waals surface area contributed by atoms with Crippen LogP contribution in [0.2, 0.25) is 0 Å². The minimum atomic E-state index is -0.146. The minimum absolute atomic E-state index is 0.146. The quantitative estimate of drug-likeness (QED) is 0.742. The van der Waals surface area contributed by atoms with Crippen LogP contribution in [0.5, 0.6) is 0 Å². The summed E-state index contributed by atoms with van der Waals surface area (Å²) >= 11 is 0. The highest BCUT2D eigenvalue weighted by Crippen LogP contribution is 2.21. The van der Waals surface area contributed by atoms with Crippen molar-refractivity contribution in [2.24, 2.45) is 0 Å². The molecular formula is C13H19N3O. The molecule has 1 heterocycles. The summed E-state index contributed by atoms with van der Waals surface area (Å²) < 4.78 is 0. The smallest absolute Gasteiger partial charge is 0.310 e. The molecule has 92 valence electrons. The molecule has 17 heavy (non-hydrogen) atoms. The third-order valence-electron chi connectivity index (χ3n) is 2.97. The highest BCUT2D eigenvalue weighted by Gasteiger charge is 2.10. The first-order valence-electron chi connectivity index (χ1n) is 6.20. The number of hydrogen-bond acceptors (Lipinski definition) is 2. The van der Waals surface area contributed by atoms with Gasteiger partial charge in [-0.15, -0.1) is 0 Å². The maximum Gasteiger partial charge on any atom is 0.323 e. The normalized spacial score (nSPS) is 13.1. The average molecular weight is 233 g/mol. The Bertz CT molecular complexity index is 535. The van der Waals surface area contributed by atoms with Crippen molar-refractivity contribution in [1.29, 1.82) is 0 Å². The van der Waals surface area contributed by atoms with E-state index in [4.69, 9.17) is 0 Å². The lowest BCUT2D eigenvalue weighted by Crippen LogP contribution is -2.20. The number of nitrogens with one attached hydrogen (secondary N) is 3. The van der Waals surface area contributed by atoms with Crippen LogP contribution in [0.1, 0.15) is 38.3 Å². The van der Waals surface area contributed by atoms with E-state index in [1.807, 2.05) is 6.07 Å². The second kappa shape index (κ2) is 5.19. The Morgan fingerprint density at radius 1 is 1.24 bits per heavy atom. The third kappa shape index (κ3) is 2.58. The number of hydrogen-bond donors (Lipinski definition) is 3. The highest BCUT2D eigenvalue weighted by atomic mass is 16.1. The fourth-order valence-electron chi connectivity index (χ4n) is 2.19. The third-order valence-corrected chi connectivity index (χ3v) is 2.97. The Morgan fingerprint density at radius 2 is 2.00 bits per heavy atom. The Labute approximate surface area is 100 Å². The lowest BCUT2D eigenvalue weighted by molar-refractivity contribution is 0.510. The molecule has 0 fully saturated rings. The predicted molar refractivity (Wildman–Crippen MR) is 70.2 cm³/mol. The maximum absolute atomic E-state index is 11.2. The topological polar surface area (TPSA) is 60.7 Å². The standard InChI is InChI=1S/C13H19N3O/c1-3-5-10(14-4-2)9-6-7-11-12(8-9)16-13(17)15-11/h6-8,10,14H,3-5H2,1-2H3,(H2,15,16,17). The molecule has 1 aromatic carbocycles. The van der Waals surface area contributed by atoms with Gasteiger partial charge in [0.15, 0.2) is 0 Å². The summed E-state index contributed by atoms with van der Waals surface area (Å²) in [5.41, 5.74) is 2.83. The van der Waals surface area contributed by atoms with Crippen LogP contribution in [0.25, 0.3) is 11.0 Å². The van der Waals surface area contributed by atoms with Crippen LogP contribution < -0.4 is 11.0 Å². The molecule has 4 nitrogen and oxygen atoms in total. The minimum Gasteiger partial charge on any atom is -0.310 e. The molecule has 0 bridgehead atoms. The fourth-order valence-corrected chi connectivity index (χ4v) is 2.19. The van der Waals surface area contributed by atoms with E-state index >= 15 is 0 Å². The Hall–Kier alpha value is -1.55.